The largest absolute Gasteiger partial charge is 0.493 e. The van der Waals surface area contributed by atoms with Crippen LogP contribution < -0.4 is 10.9 Å². The van der Waals surface area contributed by atoms with E-state index in [0.29, 0.717) is 12.2 Å². The minimum Gasteiger partial charge on any atom is -0.493 e. The molecule has 1 amide bonds. The minimum absolute atomic E-state index is 0.305. The number of nitrogens with zero attached hydrogens (tertiary/aromatic N) is 3. The first kappa shape index (κ1) is 17.4. The van der Waals surface area contributed by atoms with E-state index in [1.54, 1.807) is 18.3 Å². The Morgan fingerprint density at radius 1 is 1.28 bits per heavy atom. The molecule has 0 aromatic carbocycles. The molecule has 3 rings (SSSR count). The van der Waals surface area contributed by atoms with Gasteiger partial charge in [0.1, 0.15) is 5.65 Å². The Kier molecular flexibility index (Phi) is 5.33. The first-order valence-corrected chi connectivity index (χ1v) is 8.79. The van der Waals surface area contributed by atoms with Gasteiger partial charge in [-0.1, -0.05) is 12.5 Å². The van der Waals surface area contributed by atoms with Crippen LogP contribution in [0.2, 0.25) is 0 Å². The molecule has 0 spiro atoms. The van der Waals surface area contributed by atoms with Crippen molar-refractivity contribution in [2.75, 3.05) is 26.2 Å². The first-order valence-electron chi connectivity index (χ1n) is 8.79. The molecule has 0 saturated carbocycles. The van der Waals surface area contributed by atoms with E-state index in [9.17, 15) is 14.7 Å². The standard InChI is InChI=1S/C18H24N4O3/c1-13-6-7-14-20-17(24)15(18(25)22(14)12-13)16(23)19-8-5-11-21-9-3-2-4-10-21/h6-7,12,24H,2-5,8-11H2,1H3,(H,19,23). The number of piperidine rings is 1. The van der Waals surface area contributed by atoms with Gasteiger partial charge in [0.15, 0.2) is 5.56 Å². The maximum absolute atomic E-state index is 12.5. The van der Waals surface area contributed by atoms with Crippen LogP contribution in [0.15, 0.2) is 23.1 Å². The lowest BCUT2D eigenvalue weighted by Gasteiger charge is -2.26. The van der Waals surface area contributed by atoms with Crippen molar-refractivity contribution in [1.82, 2.24) is 19.6 Å². The third kappa shape index (κ3) is 3.99. The fourth-order valence-electron chi connectivity index (χ4n) is 3.21. The molecule has 2 aromatic rings. The van der Waals surface area contributed by atoms with Gasteiger partial charge in [0.05, 0.1) is 0 Å². The predicted octanol–water partition coefficient (Wildman–Crippen LogP) is 1.31. The van der Waals surface area contributed by atoms with Gasteiger partial charge >= 0.3 is 0 Å². The molecule has 1 aliphatic rings. The van der Waals surface area contributed by atoms with Crippen molar-refractivity contribution >= 4 is 11.6 Å². The third-order valence-electron chi connectivity index (χ3n) is 4.56. The first-order chi connectivity index (χ1) is 12.1. The smallest absolute Gasteiger partial charge is 0.274 e. The van der Waals surface area contributed by atoms with Gasteiger partial charge in [0, 0.05) is 12.7 Å². The predicted molar refractivity (Wildman–Crippen MR) is 95.1 cm³/mol. The molecule has 25 heavy (non-hydrogen) atoms. The zero-order chi connectivity index (χ0) is 17.8. The Bertz CT molecular complexity index is 825. The van der Waals surface area contributed by atoms with Gasteiger partial charge in [-0.15, -0.1) is 0 Å². The van der Waals surface area contributed by atoms with Crippen LogP contribution in [-0.4, -0.2) is 51.5 Å². The Balaban J connectivity index is 1.66. The number of rotatable bonds is 5. The highest BCUT2D eigenvalue weighted by molar-refractivity contribution is 5.96. The van der Waals surface area contributed by atoms with E-state index in [-0.39, 0.29) is 5.56 Å². The average molecular weight is 344 g/mol. The van der Waals surface area contributed by atoms with Crippen molar-refractivity contribution in [2.24, 2.45) is 0 Å². The van der Waals surface area contributed by atoms with E-state index < -0.39 is 17.3 Å². The van der Waals surface area contributed by atoms with Gasteiger partial charge in [0.2, 0.25) is 5.88 Å². The van der Waals surface area contributed by atoms with Crippen molar-refractivity contribution < 1.29 is 9.90 Å². The average Bonchev–Trinajstić information content (AvgIpc) is 2.60. The molecule has 0 atom stereocenters. The highest BCUT2D eigenvalue weighted by Gasteiger charge is 2.19. The summed E-state index contributed by atoms with van der Waals surface area (Å²) in [5.74, 6) is -1.10. The van der Waals surface area contributed by atoms with Gasteiger partial charge in [-0.05, 0) is 57.5 Å². The summed E-state index contributed by atoms with van der Waals surface area (Å²) in [4.78, 5) is 31.2. The second-order valence-corrected chi connectivity index (χ2v) is 6.56. The van der Waals surface area contributed by atoms with E-state index in [4.69, 9.17) is 0 Å². The molecule has 1 fully saturated rings. The summed E-state index contributed by atoms with van der Waals surface area (Å²) in [7, 11) is 0. The number of likely N-dealkylation sites (tertiary alicyclic amines) is 1. The van der Waals surface area contributed by atoms with Gasteiger partial charge in [0.25, 0.3) is 11.5 Å². The van der Waals surface area contributed by atoms with Crippen LogP contribution in [0, 0.1) is 6.92 Å². The molecule has 1 aliphatic heterocycles. The lowest BCUT2D eigenvalue weighted by atomic mass is 10.1. The summed E-state index contributed by atoms with van der Waals surface area (Å²) in [6.07, 6.45) is 6.19. The second-order valence-electron chi connectivity index (χ2n) is 6.56. The van der Waals surface area contributed by atoms with E-state index in [1.807, 2.05) is 6.92 Å². The van der Waals surface area contributed by atoms with Crippen LogP contribution in [-0.2, 0) is 0 Å². The van der Waals surface area contributed by atoms with E-state index in [1.165, 1.54) is 23.7 Å². The van der Waals surface area contributed by atoms with Crippen molar-refractivity contribution in [3.05, 3.63) is 39.8 Å². The van der Waals surface area contributed by atoms with Gasteiger partial charge in [-0.3, -0.25) is 14.0 Å². The Labute approximate surface area is 146 Å². The van der Waals surface area contributed by atoms with Crippen molar-refractivity contribution in [1.29, 1.82) is 0 Å². The molecule has 2 N–H and O–H groups in total. The quantitative estimate of drug-likeness (QED) is 0.799. The molecule has 0 bridgehead atoms. The third-order valence-corrected chi connectivity index (χ3v) is 4.56. The maximum Gasteiger partial charge on any atom is 0.274 e. The van der Waals surface area contributed by atoms with Crippen LogP contribution in [0.3, 0.4) is 0 Å². The van der Waals surface area contributed by atoms with E-state index >= 15 is 0 Å². The van der Waals surface area contributed by atoms with Crippen LogP contribution >= 0.6 is 0 Å². The topological polar surface area (TPSA) is 86.9 Å². The van der Waals surface area contributed by atoms with Gasteiger partial charge in [-0.25, -0.2) is 0 Å². The molecule has 134 valence electrons. The number of aromatic nitrogens is 2. The zero-order valence-electron chi connectivity index (χ0n) is 14.5. The van der Waals surface area contributed by atoms with Crippen molar-refractivity contribution in [3.8, 4) is 5.88 Å². The number of carbonyl (C=O) groups is 1. The van der Waals surface area contributed by atoms with Crippen LogP contribution in [0.5, 0.6) is 5.88 Å². The second kappa shape index (κ2) is 7.65. The molecule has 7 nitrogen and oxygen atoms in total. The van der Waals surface area contributed by atoms with E-state index in [2.05, 4.69) is 15.2 Å². The number of fused-ring (bicyclic) bond motifs is 1. The van der Waals surface area contributed by atoms with Crippen LogP contribution in [0.25, 0.3) is 5.65 Å². The molecule has 1 saturated heterocycles. The summed E-state index contributed by atoms with van der Waals surface area (Å²) >= 11 is 0. The highest BCUT2D eigenvalue weighted by Crippen LogP contribution is 2.12. The Hall–Kier alpha value is -2.41. The number of hydrogen-bond acceptors (Lipinski definition) is 5. The van der Waals surface area contributed by atoms with E-state index in [0.717, 1.165) is 31.6 Å². The number of aryl methyl sites for hydroxylation is 1. The molecule has 3 heterocycles. The molecular weight excluding hydrogens is 320 g/mol. The van der Waals surface area contributed by atoms with Crippen molar-refractivity contribution in [3.63, 3.8) is 0 Å². The van der Waals surface area contributed by atoms with Crippen LogP contribution in [0.4, 0.5) is 0 Å². The molecule has 0 radical (unpaired) electrons. The number of hydrogen-bond donors (Lipinski definition) is 2. The fourth-order valence-corrected chi connectivity index (χ4v) is 3.21. The number of pyridine rings is 1. The molecule has 2 aromatic heterocycles. The zero-order valence-corrected chi connectivity index (χ0v) is 14.5. The summed E-state index contributed by atoms with van der Waals surface area (Å²) in [5, 5.41) is 12.7. The number of carbonyl (C=O) groups excluding carboxylic acids is 1. The molecule has 0 unspecified atom stereocenters. The monoisotopic (exact) mass is 344 g/mol. The number of nitrogens with one attached hydrogen (secondary N) is 1. The van der Waals surface area contributed by atoms with Gasteiger partial charge in [-0.2, -0.15) is 4.98 Å². The molecule has 7 heteroatoms. The number of amides is 1. The SMILES string of the molecule is Cc1ccc2nc(O)c(C(=O)NCCCN3CCCCC3)c(=O)n2c1. The fraction of sp³-hybridized carbons (Fsp3) is 0.500. The van der Waals surface area contributed by atoms with Crippen LogP contribution in [0.1, 0.15) is 41.6 Å². The summed E-state index contributed by atoms with van der Waals surface area (Å²) in [6, 6.07) is 3.43. The van der Waals surface area contributed by atoms with Crippen molar-refractivity contribution in [2.45, 2.75) is 32.6 Å². The minimum atomic E-state index is -0.579. The Morgan fingerprint density at radius 2 is 2.04 bits per heavy atom. The lowest BCUT2D eigenvalue weighted by molar-refractivity contribution is 0.0946. The van der Waals surface area contributed by atoms with Gasteiger partial charge < -0.3 is 15.3 Å². The maximum atomic E-state index is 12.5. The lowest BCUT2D eigenvalue weighted by Crippen LogP contribution is -2.35. The molecular formula is C18H24N4O3. The normalized spacial score (nSPS) is 15.4. The summed E-state index contributed by atoms with van der Waals surface area (Å²) in [5.41, 5.74) is 0.325. The number of aromatic hydroxyl groups is 1. The molecule has 0 aliphatic carbocycles. The summed E-state index contributed by atoms with van der Waals surface area (Å²) < 4.78 is 1.29. The summed E-state index contributed by atoms with van der Waals surface area (Å²) in [6.45, 7) is 5.47. The highest BCUT2D eigenvalue weighted by atomic mass is 16.3. The Morgan fingerprint density at radius 3 is 2.80 bits per heavy atom.